The number of aromatic nitrogens is 2. The molecule has 5 nitrogen and oxygen atoms in total. The molecule has 0 unspecified atom stereocenters. The van der Waals surface area contributed by atoms with Crippen molar-refractivity contribution in [2.75, 3.05) is 25.2 Å². The molecule has 1 aromatic heterocycles. The van der Waals surface area contributed by atoms with Gasteiger partial charge in [-0.05, 0) is 30.6 Å². The van der Waals surface area contributed by atoms with E-state index in [0.717, 1.165) is 29.5 Å². The van der Waals surface area contributed by atoms with E-state index in [-0.39, 0.29) is 11.5 Å². The molecule has 1 N–H and O–H groups in total. The quantitative estimate of drug-likeness (QED) is 0.890. The van der Waals surface area contributed by atoms with Crippen LogP contribution in [0, 0.1) is 6.92 Å². The van der Waals surface area contributed by atoms with E-state index in [1.54, 1.807) is 14.0 Å². The fourth-order valence-electron chi connectivity index (χ4n) is 1.72. The molecule has 1 atom stereocenters. The molecule has 0 radical (unpaired) electrons. The van der Waals surface area contributed by atoms with Crippen LogP contribution in [0.1, 0.15) is 21.8 Å². The molecule has 1 aliphatic rings. The standard InChI is InChI=1S/C10H15N3O2S2/c1-7-8(17-13-12-7)9(14)11-5-10(15-2)3-4-16-6-10/h3-6H2,1-2H3,(H,11,14)/t10-/m1/s1. The highest BCUT2D eigenvalue weighted by molar-refractivity contribution is 7.99. The van der Waals surface area contributed by atoms with Crippen LogP contribution in [0.2, 0.25) is 0 Å². The Bertz CT molecular complexity index is 402. The second-order valence-electron chi connectivity index (χ2n) is 4.06. The third kappa shape index (κ3) is 2.78. The molecule has 94 valence electrons. The van der Waals surface area contributed by atoms with Crippen LogP contribution in [0.15, 0.2) is 0 Å². The third-order valence-electron chi connectivity index (χ3n) is 2.93. The van der Waals surface area contributed by atoms with E-state index in [4.69, 9.17) is 4.74 Å². The third-order valence-corrected chi connectivity index (χ3v) is 4.98. The molecule has 0 saturated carbocycles. The van der Waals surface area contributed by atoms with Gasteiger partial charge in [-0.15, -0.1) is 5.10 Å². The van der Waals surface area contributed by atoms with Crippen molar-refractivity contribution in [3.63, 3.8) is 0 Å². The van der Waals surface area contributed by atoms with Gasteiger partial charge in [0.25, 0.3) is 5.91 Å². The first-order chi connectivity index (χ1) is 8.17. The van der Waals surface area contributed by atoms with Gasteiger partial charge < -0.3 is 10.1 Å². The summed E-state index contributed by atoms with van der Waals surface area (Å²) in [4.78, 5) is 12.5. The van der Waals surface area contributed by atoms with Crippen LogP contribution in [0.4, 0.5) is 0 Å². The monoisotopic (exact) mass is 273 g/mol. The molecule has 1 fully saturated rings. The maximum atomic E-state index is 11.9. The zero-order valence-electron chi connectivity index (χ0n) is 9.86. The zero-order chi connectivity index (χ0) is 12.3. The number of amides is 1. The van der Waals surface area contributed by atoms with E-state index in [1.165, 1.54) is 0 Å². The summed E-state index contributed by atoms with van der Waals surface area (Å²) in [5.41, 5.74) is 0.478. The fourth-order valence-corrected chi connectivity index (χ4v) is 3.69. The van der Waals surface area contributed by atoms with Crippen LogP contribution in [0.5, 0.6) is 0 Å². The predicted molar refractivity (Wildman–Crippen MR) is 68.7 cm³/mol. The molecule has 1 aliphatic heterocycles. The highest BCUT2D eigenvalue weighted by Gasteiger charge is 2.34. The van der Waals surface area contributed by atoms with Crippen LogP contribution in [0.3, 0.4) is 0 Å². The SMILES string of the molecule is CO[C@@]1(CNC(=O)c2snnc2C)CCSC1. The van der Waals surface area contributed by atoms with Gasteiger partial charge in [0, 0.05) is 19.4 Å². The van der Waals surface area contributed by atoms with E-state index in [0.29, 0.717) is 17.1 Å². The van der Waals surface area contributed by atoms with Crippen LogP contribution < -0.4 is 5.32 Å². The van der Waals surface area contributed by atoms with Gasteiger partial charge in [0.15, 0.2) is 0 Å². The van der Waals surface area contributed by atoms with Crippen molar-refractivity contribution >= 4 is 29.2 Å². The van der Waals surface area contributed by atoms with Gasteiger partial charge in [0.1, 0.15) is 4.88 Å². The van der Waals surface area contributed by atoms with Gasteiger partial charge in [-0.1, -0.05) is 4.49 Å². The van der Waals surface area contributed by atoms with Crippen molar-refractivity contribution in [3.8, 4) is 0 Å². The summed E-state index contributed by atoms with van der Waals surface area (Å²) < 4.78 is 9.29. The smallest absolute Gasteiger partial charge is 0.265 e. The van der Waals surface area contributed by atoms with Gasteiger partial charge in [0.2, 0.25) is 0 Å². The number of ether oxygens (including phenoxy) is 1. The van der Waals surface area contributed by atoms with Crippen LogP contribution in [0.25, 0.3) is 0 Å². The summed E-state index contributed by atoms with van der Waals surface area (Å²) in [6.07, 6.45) is 0.981. The first-order valence-electron chi connectivity index (χ1n) is 5.37. The number of rotatable bonds is 4. The maximum Gasteiger partial charge on any atom is 0.265 e. The molecule has 0 spiro atoms. The molecule has 1 saturated heterocycles. The lowest BCUT2D eigenvalue weighted by molar-refractivity contribution is 0.0137. The molecule has 0 bridgehead atoms. The predicted octanol–water partition coefficient (Wildman–Crippen LogP) is 1.10. The van der Waals surface area contributed by atoms with E-state index in [2.05, 4.69) is 14.9 Å². The Kier molecular flexibility index (Phi) is 4.01. The highest BCUT2D eigenvalue weighted by atomic mass is 32.2. The Balaban J connectivity index is 1.94. The molecular formula is C10H15N3O2S2. The number of carbonyl (C=O) groups is 1. The minimum atomic E-state index is -0.202. The van der Waals surface area contributed by atoms with Crippen molar-refractivity contribution in [2.45, 2.75) is 18.9 Å². The number of aryl methyl sites for hydroxylation is 1. The van der Waals surface area contributed by atoms with Crippen molar-refractivity contribution in [1.82, 2.24) is 14.9 Å². The molecule has 2 rings (SSSR count). The minimum Gasteiger partial charge on any atom is -0.376 e. The van der Waals surface area contributed by atoms with Crippen molar-refractivity contribution in [3.05, 3.63) is 10.6 Å². The van der Waals surface area contributed by atoms with Crippen LogP contribution in [-0.2, 0) is 4.74 Å². The fraction of sp³-hybridized carbons (Fsp3) is 0.700. The van der Waals surface area contributed by atoms with E-state index in [9.17, 15) is 4.79 Å². The summed E-state index contributed by atoms with van der Waals surface area (Å²) in [7, 11) is 1.71. The number of hydrogen-bond donors (Lipinski definition) is 1. The van der Waals surface area contributed by atoms with Gasteiger partial charge >= 0.3 is 0 Å². The Hall–Kier alpha value is -0.660. The Morgan fingerprint density at radius 1 is 1.65 bits per heavy atom. The van der Waals surface area contributed by atoms with E-state index in [1.807, 2.05) is 11.8 Å². The maximum absolute atomic E-state index is 11.9. The van der Waals surface area contributed by atoms with Crippen molar-refractivity contribution in [2.24, 2.45) is 0 Å². The lowest BCUT2D eigenvalue weighted by Crippen LogP contribution is -2.44. The van der Waals surface area contributed by atoms with Crippen LogP contribution >= 0.6 is 23.3 Å². The number of thioether (sulfide) groups is 1. The summed E-state index contributed by atoms with van der Waals surface area (Å²) >= 11 is 2.99. The lowest BCUT2D eigenvalue weighted by Gasteiger charge is -2.26. The second-order valence-corrected chi connectivity index (χ2v) is 5.92. The summed E-state index contributed by atoms with van der Waals surface area (Å²) in [5, 5.41) is 6.74. The van der Waals surface area contributed by atoms with Crippen LogP contribution in [-0.4, -0.2) is 46.3 Å². The molecule has 0 aromatic carbocycles. The normalized spacial score (nSPS) is 23.9. The molecule has 1 amide bonds. The highest BCUT2D eigenvalue weighted by Crippen LogP contribution is 2.30. The Morgan fingerprint density at radius 3 is 3.00 bits per heavy atom. The molecule has 7 heteroatoms. The summed E-state index contributed by atoms with van der Waals surface area (Å²) in [6, 6.07) is 0. The number of nitrogens with one attached hydrogen (secondary N) is 1. The number of hydrogen-bond acceptors (Lipinski definition) is 6. The van der Waals surface area contributed by atoms with Gasteiger partial charge in [0.05, 0.1) is 11.3 Å². The average molecular weight is 273 g/mol. The first-order valence-corrected chi connectivity index (χ1v) is 7.30. The van der Waals surface area contributed by atoms with Crippen molar-refractivity contribution in [1.29, 1.82) is 0 Å². The number of methoxy groups -OCH3 is 1. The molecule has 1 aromatic rings. The minimum absolute atomic E-state index is 0.106. The number of nitrogens with zero attached hydrogens (tertiary/aromatic N) is 2. The molecule has 0 aliphatic carbocycles. The summed E-state index contributed by atoms with van der Waals surface area (Å²) in [5.74, 6) is 1.92. The lowest BCUT2D eigenvalue weighted by atomic mass is 10.0. The van der Waals surface area contributed by atoms with Gasteiger partial charge in [-0.2, -0.15) is 11.8 Å². The Labute approximate surface area is 108 Å². The number of carbonyl (C=O) groups excluding carboxylic acids is 1. The first kappa shape index (κ1) is 12.8. The average Bonchev–Trinajstić information content (AvgIpc) is 2.95. The summed E-state index contributed by atoms with van der Waals surface area (Å²) in [6.45, 7) is 2.34. The topological polar surface area (TPSA) is 64.1 Å². The largest absolute Gasteiger partial charge is 0.376 e. The molecule has 17 heavy (non-hydrogen) atoms. The Morgan fingerprint density at radius 2 is 2.47 bits per heavy atom. The molecular weight excluding hydrogens is 258 g/mol. The zero-order valence-corrected chi connectivity index (χ0v) is 11.5. The van der Waals surface area contributed by atoms with Crippen molar-refractivity contribution < 1.29 is 9.53 Å². The van der Waals surface area contributed by atoms with E-state index < -0.39 is 0 Å². The van der Waals surface area contributed by atoms with Gasteiger partial charge in [-0.25, -0.2) is 0 Å². The molecule has 2 heterocycles. The van der Waals surface area contributed by atoms with E-state index >= 15 is 0 Å². The second kappa shape index (κ2) is 5.32. The van der Waals surface area contributed by atoms with Gasteiger partial charge in [-0.3, -0.25) is 4.79 Å².